The Kier molecular flexibility index (Phi) is 4.43. The molecule has 0 radical (unpaired) electrons. The molecule has 0 fully saturated rings. The van der Waals surface area contributed by atoms with Crippen molar-refractivity contribution >= 4 is 15.9 Å². The Morgan fingerprint density at radius 1 is 1.00 bits per heavy atom. The van der Waals surface area contributed by atoms with Crippen molar-refractivity contribution in [2.75, 3.05) is 0 Å². The average Bonchev–Trinajstić information content (AvgIpc) is 2.47. The van der Waals surface area contributed by atoms with Crippen LogP contribution in [-0.4, -0.2) is 14.2 Å². The monoisotopic (exact) mass is 304 g/mol. The Morgan fingerprint density at radius 2 is 1.57 bits per heavy atom. The number of rotatable bonds is 5. The number of aryl methyl sites for hydroxylation is 1. The maximum atomic E-state index is 12.1. The summed E-state index contributed by atoms with van der Waals surface area (Å²) in [6.45, 7) is 3.44. The second kappa shape index (κ2) is 6.10. The lowest BCUT2D eigenvalue weighted by Gasteiger charge is -2.08. The molecule has 110 valence electrons. The number of ketones is 1. The fraction of sp³-hybridized carbons (Fsp3) is 0.188. The lowest BCUT2D eigenvalue weighted by atomic mass is 10.1. The van der Waals surface area contributed by atoms with Crippen LogP contribution in [0.3, 0.4) is 0 Å². The van der Waals surface area contributed by atoms with E-state index in [1.54, 1.807) is 12.1 Å². The molecule has 0 aliphatic carbocycles. The van der Waals surface area contributed by atoms with Gasteiger partial charge >= 0.3 is 10.1 Å². The highest BCUT2D eigenvalue weighted by atomic mass is 32.2. The van der Waals surface area contributed by atoms with Crippen molar-refractivity contribution in [2.24, 2.45) is 0 Å². The molecule has 0 amide bonds. The minimum Gasteiger partial charge on any atom is -0.379 e. The van der Waals surface area contributed by atoms with Crippen molar-refractivity contribution in [3.8, 4) is 5.75 Å². The van der Waals surface area contributed by atoms with Crippen molar-refractivity contribution < 1.29 is 17.4 Å². The van der Waals surface area contributed by atoms with Gasteiger partial charge in [0.2, 0.25) is 0 Å². The highest BCUT2D eigenvalue weighted by Gasteiger charge is 2.16. The van der Waals surface area contributed by atoms with Crippen LogP contribution in [0.5, 0.6) is 5.75 Å². The normalized spacial score (nSPS) is 11.1. The number of benzene rings is 2. The molecule has 0 N–H and O–H groups in total. The van der Waals surface area contributed by atoms with Gasteiger partial charge in [-0.1, -0.05) is 19.1 Å². The molecular weight excluding hydrogens is 288 g/mol. The van der Waals surface area contributed by atoms with Gasteiger partial charge in [0.15, 0.2) is 5.78 Å². The van der Waals surface area contributed by atoms with Crippen molar-refractivity contribution in [2.45, 2.75) is 25.2 Å². The van der Waals surface area contributed by atoms with Gasteiger partial charge in [0.05, 0.1) is 0 Å². The summed E-state index contributed by atoms with van der Waals surface area (Å²) in [5, 5.41) is 0. The Labute approximate surface area is 124 Å². The zero-order valence-electron chi connectivity index (χ0n) is 11.9. The SMILES string of the molecule is CCc1ccc(S(=O)(=O)Oc2ccc(C(C)=O)cc2)cc1. The zero-order valence-corrected chi connectivity index (χ0v) is 12.7. The molecule has 0 atom stereocenters. The lowest BCUT2D eigenvalue weighted by Crippen LogP contribution is -2.09. The van der Waals surface area contributed by atoms with E-state index < -0.39 is 10.1 Å². The van der Waals surface area contributed by atoms with Crippen molar-refractivity contribution in [3.63, 3.8) is 0 Å². The fourth-order valence-electron chi connectivity index (χ4n) is 1.81. The predicted octanol–water partition coefficient (Wildman–Crippen LogP) is 3.22. The molecule has 0 bridgehead atoms. The Morgan fingerprint density at radius 3 is 2.05 bits per heavy atom. The molecule has 5 heteroatoms. The van der Waals surface area contributed by atoms with Crippen LogP contribution in [0.2, 0.25) is 0 Å². The zero-order chi connectivity index (χ0) is 15.5. The molecule has 2 aromatic carbocycles. The molecule has 0 aromatic heterocycles. The van der Waals surface area contributed by atoms with Gasteiger partial charge in [-0.15, -0.1) is 0 Å². The number of carbonyl (C=O) groups is 1. The first-order valence-corrected chi connectivity index (χ1v) is 7.97. The van der Waals surface area contributed by atoms with E-state index >= 15 is 0 Å². The van der Waals surface area contributed by atoms with E-state index in [0.29, 0.717) is 5.56 Å². The lowest BCUT2D eigenvalue weighted by molar-refractivity contribution is 0.101. The summed E-state index contributed by atoms with van der Waals surface area (Å²) in [6.07, 6.45) is 0.841. The van der Waals surface area contributed by atoms with Crippen molar-refractivity contribution in [1.29, 1.82) is 0 Å². The van der Waals surface area contributed by atoms with Crippen LogP contribution in [0.25, 0.3) is 0 Å². The average molecular weight is 304 g/mol. The van der Waals surface area contributed by atoms with E-state index in [1.807, 2.05) is 6.92 Å². The molecule has 2 aromatic rings. The topological polar surface area (TPSA) is 60.4 Å². The van der Waals surface area contributed by atoms with Gasteiger partial charge < -0.3 is 4.18 Å². The molecule has 0 saturated carbocycles. The second-order valence-electron chi connectivity index (χ2n) is 4.62. The summed E-state index contributed by atoms with van der Waals surface area (Å²) in [5.41, 5.74) is 1.56. The summed E-state index contributed by atoms with van der Waals surface area (Å²) in [7, 11) is -3.86. The molecule has 2 rings (SSSR count). The maximum Gasteiger partial charge on any atom is 0.339 e. The maximum absolute atomic E-state index is 12.1. The largest absolute Gasteiger partial charge is 0.379 e. The van der Waals surface area contributed by atoms with Crippen molar-refractivity contribution in [1.82, 2.24) is 0 Å². The van der Waals surface area contributed by atoms with E-state index in [4.69, 9.17) is 4.18 Å². The van der Waals surface area contributed by atoms with Gasteiger partial charge in [-0.25, -0.2) is 0 Å². The van der Waals surface area contributed by atoms with Gasteiger partial charge in [0.1, 0.15) is 10.6 Å². The molecule has 4 nitrogen and oxygen atoms in total. The molecule has 0 aliphatic rings. The van der Waals surface area contributed by atoms with Crippen LogP contribution < -0.4 is 4.18 Å². The minimum atomic E-state index is -3.86. The Bertz CT molecular complexity index is 729. The molecule has 0 aliphatic heterocycles. The third-order valence-corrected chi connectivity index (χ3v) is 4.35. The molecule has 21 heavy (non-hydrogen) atoms. The van der Waals surface area contributed by atoms with Crippen LogP contribution in [0.15, 0.2) is 53.4 Å². The molecular formula is C16H16O4S. The first-order chi connectivity index (χ1) is 9.92. The fourth-order valence-corrected chi connectivity index (χ4v) is 2.74. The second-order valence-corrected chi connectivity index (χ2v) is 6.16. The Hall–Kier alpha value is -2.14. The number of hydrogen-bond donors (Lipinski definition) is 0. The van der Waals surface area contributed by atoms with Crippen LogP contribution >= 0.6 is 0 Å². The molecule has 0 unspecified atom stereocenters. The third kappa shape index (κ3) is 3.70. The number of carbonyl (C=O) groups excluding carboxylic acids is 1. The minimum absolute atomic E-state index is 0.0837. The van der Waals surface area contributed by atoms with Crippen LogP contribution in [0.1, 0.15) is 29.8 Å². The molecule has 0 saturated heterocycles. The van der Waals surface area contributed by atoms with Gasteiger partial charge in [0, 0.05) is 5.56 Å². The van der Waals surface area contributed by atoms with E-state index in [9.17, 15) is 13.2 Å². The van der Waals surface area contributed by atoms with Gasteiger partial charge in [0.25, 0.3) is 0 Å². The Balaban J connectivity index is 2.21. The van der Waals surface area contributed by atoms with Crippen LogP contribution in [0, 0.1) is 0 Å². The van der Waals surface area contributed by atoms with E-state index in [0.717, 1.165) is 12.0 Å². The van der Waals surface area contributed by atoms with Crippen molar-refractivity contribution in [3.05, 3.63) is 59.7 Å². The summed E-state index contributed by atoms with van der Waals surface area (Å²) in [5.74, 6) is 0.0964. The van der Waals surface area contributed by atoms with Gasteiger partial charge in [-0.05, 0) is 55.3 Å². The third-order valence-electron chi connectivity index (χ3n) is 3.09. The van der Waals surface area contributed by atoms with Crippen LogP contribution in [0.4, 0.5) is 0 Å². The summed E-state index contributed by atoms with van der Waals surface area (Å²) < 4.78 is 29.3. The predicted molar refractivity (Wildman–Crippen MR) is 80.1 cm³/mol. The summed E-state index contributed by atoms with van der Waals surface area (Å²) >= 11 is 0. The smallest absolute Gasteiger partial charge is 0.339 e. The van der Waals surface area contributed by atoms with E-state index in [-0.39, 0.29) is 16.4 Å². The molecule has 0 spiro atoms. The van der Waals surface area contributed by atoms with E-state index in [1.165, 1.54) is 43.3 Å². The summed E-state index contributed by atoms with van der Waals surface area (Å²) in [4.78, 5) is 11.3. The molecule has 0 heterocycles. The quantitative estimate of drug-likeness (QED) is 0.628. The highest BCUT2D eigenvalue weighted by molar-refractivity contribution is 7.87. The number of hydrogen-bond acceptors (Lipinski definition) is 4. The van der Waals surface area contributed by atoms with E-state index in [2.05, 4.69) is 0 Å². The summed E-state index contributed by atoms with van der Waals surface area (Å²) in [6, 6.07) is 12.6. The standard InChI is InChI=1S/C16H16O4S/c1-3-13-4-10-16(11-5-13)21(18,19)20-15-8-6-14(7-9-15)12(2)17/h4-11H,3H2,1-2H3. The van der Waals surface area contributed by atoms with Gasteiger partial charge in [-0.2, -0.15) is 8.42 Å². The number of Topliss-reactive ketones (excluding diaryl/α,β-unsaturated/α-hetero) is 1. The van der Waals surface area contributed by atoms with Gasteiger partial charge in [-0.3, -0.25) is 4.79 Å². The highest BCUT2D eigenvalue weighted by Crippen LogP contribution is 2.20. The van der Waals surface area contributed by atoms with Crippen LogP contribution in [-0.2, 0) is 16.5 Å². The first kappa shape index (κ1) is 15.3. The first-order valence-electron chi connectivity index (χ1n) is 6.57.